The molecule has 2 aromatic rings. The first-order valence-corrected chi connectivity index (χ1v) is 6.90. The molecule has 0 aromatic heterocycles. The number of aryl methyl sites for hydroxylation is 1. The topological polar surface area (TPSA) is 41.1 Å². The van der Waals surface area contributed by atoms with Gasteiger partial charge in [-0.2, -0.15) is 0 Å². The highest BCUT2D eigenvalue weighted by molar-refractivity contribution is 6.08. The molecule has 110 valence electrons. The highest BCUT2D eigenvalue weighted by Gasteiger charge is 2.13. The Balaban J connectivity index is 2.26. The van der Waals surface area contributed by atoms with E-state index in [9.17, 15) is 9.18 Å². The maximum absolute atomic E-state index is 13.3. The van der Waals surface area contributed by atoms with Gasteiger partial charge >= 0.3 is 0 Å². The SMILES string of the molecule is Cc1ccc(F)cc1NC(=O)c1ccccc1NC(C)C. The van der Waals surface area contributed by atoms with Gasteiger partial charge in [0.15, 0.2) is 0 Å². The smallest absolute Gasteiger partial charge is 0.257 e. The minimum Gasteiger partial charge on any atom is -0.382 e. The second-order valence-electron chi connectivity index (χ2n) is 5.26. The quantitative estimate of drug-likeness (QED) is 0.884. The van der Waals surface area contributed by atoms with E-state index in [-0.39, 0.29) is 17.8 Å². The number of hydrogen-bond donors (Lipinski definition) is 2. The number of carbonyl (C=O) groups excluding carboxylic acids is 1. The molecule has 0 aliphatic heterocycles. The highest BCUT2D eigenvalue weighted by atomic mass is 19.1. The van der Waals surface area contributed by atoms with Crippen molar-refractivity contribution >= 4 is 17.3 Å². The fourth-order valence-electron chi connectivity index (χ4n) is 2.04. The fourth-order valence-corrected chi connectivity index (χ4v) is 2.04. The van der Waals surface area contributed by atoms with E-state index < -0.39 is 0 Å². The Morgan fingerprint density at radius 3 is 2.52 bits per heavy atom. The summed E-state index contributed by atoms with van der Waals surface area (Å²) in [6, 6.07) is 11.8. The summed E-state index contributed by atoms with van der Waals surface area (Å²) in [4.78, 5) is 12.4. The number of rotatable bonds is 4. The van der Waals surface area contributed by atoms with Crippen LogP contribution in [0.4, 0.5) is 15.8 Å². The first kappa shape index (κ1) is 15.0. The van der Waals surface area contributed by atoms with E-state index in [4.69, 9.17) is 0 Å². The van der Waals surface area contributed by atoms with Gasteiger partial charge in [0.25, 0.3) is 5.91 Å². The molecule has 0 radical (unpaired) electrons. The number of benzene rings is 2. The molecular formula is C17H19FN2O. The molecule has 2 rings (SSSR count). The average Bonchev–Trinajstić information content (AvgIpc) is 2.42. The van der Waals surface area contributed by atoms with Crippen molar-refractivity contribution in [3.05, 3.63) is 59.4 Å². The van der Waals surface area contributed by atoms with E-state index in [0.29, 0.717) is 11.3 Å². The van der Waals surface area contributed by atoms with Crippen LogP contribution in [0.1, 0.15) is 29.8 Å². The number of nitrogens with one attached hydrogen (secondary N) is 2. The van der Waals surface area contributed by atoms with Gasteiger partial charge in [0, 0.05) is 17.4 Å². The van der Waals surface area contributed by atoms with Gasteiger partial charge in [0.05, 0.1) is 5.56 Å². The number of para-hydroxylation sites is 1. The largest absolute Gasteiger partial charge is 0.382 e. The summed E-state index contributed by atoms with van der Waals surface area (Å²) in [6.07, 6.45) is 0. The van der Waals surface area contributed by atoms with Crippen molar-refractivity contribution < 1.29 is 9.18 Å². The lowest BCUT2D eigenvalue weighted by atomic mass is 10.1. The van der Waals surface area contributed by atoms with Crippen LogP contribution in [0.25, 0.3) is 0 Å². The molecule has 0 atom stereocenters. The third-order valence-corrected chi connectivity index (χ3v) is 3.06. The van der Waals surface area contributed by atoms with Gasteiger partial charge in [0.2, 0.25) is 0 Å². The van der Waals surface area contributed by atoms with Crippen LogP contribution in [-0.2, 0) is 0 Å². The lowest BCUT2D eigenvalue weighted by molar-refractivity contribution is 0.102. The molecule has 0 bridgehead atoms. The van der Waals surface area contributed by atoms with Crippen molar-refractivity contribution in [2.24, 2.45) is 0 Å². The first-order chi connectivity index (χ1) is 9.97. The van der Waals surface area contributed by atoms with Gasteiger partial charge in [-0.25, -0.2) is 4.39 Å². The lowest BCUT2D eigenvalue weighted by Gasteiger charge is -2.15. The summed E-state index contributed by atoms with van der Waals surface area (Å²) in [6.45, 7) is 5.84. The molecule has 0 saturated carbocycles. The molecule has 2 aromatic carbocycles. The minimum absolute atomic E-state index is 0.217. The van der Waals surface area contributed by atoms with Crippen molar-refractivity contribution in [3.8, 4) is 0 Å². The normalized spacial score (nSPS) is 10.5. The van der Waals surface area contributed by atoms with Crippen LogP contribution in [0, 0.1) is 12.7 Å². The molecule has 0 saturated heterocycles. The Morgan fingerprint density at radius 1 is 1.10 bits per heavy atom. The summed E-state index contributed by atoms with van der Waals surface area (Å²) in [5, 5.41) is 5.99. The third kappa shape index (κ3) is 3.81. The average molecular weight is 286 g/mol. The summed E-state index contributed by atoms with van der Waals surface area (Å²) in [5.41, 5.74) is 2.60. The zero-order valence-corrected chi connectivity index (χ0v) is 12.4. The number of carbonyl (C=O) groups is 1. The minimum atomic E-state index is -0.371. The van der Waals surface area contributed by atoms with Gasteiger partial charge in [-0.15, -0.1) is 0 Å². The molecule has 0 aliphatic rings. The molecule has 3 nitrogen and oxygen atoms in total. The van der Waals surface area contributed by atoms with E-state index in [1.807, 2.05) is 32.9 Å². The summed E-state index contributed by atoms with van der Waals surface area (Å²) < 4.78 is 13.3. The molecule has 0 unspecified atom stereocenters. The first-order valence-electron chi connectivity index (χ1n) is 6.90. The van der Waals surface area contributed by atoms with Gasteiger partial charge in [-0.3, -0.25) is 4.79 Å². The standard InChI is InChI=1S/C17H19FN2O/c1-11(2)19-15-7-5-4-6-14(15)17(21)20-16-10-13(18)9-8-12(16)3/h4-11,19H,1-3H3,(H,20,21). The monoisotopic (exact) mass is 286 g/mol. The van der Waals surface area contributed by atoms with Crippen molar-refractivity contribution in [1.29, 1.82) is 0 Å². The summed E-state index contributed by atoms with van der Waals surface area (Å²) in [7, 11) is 0. The maximum Gasteiger partial charge on any atom is 0.257 e. The van der Waals surface area contributed by atoms with E-state index in [1.54, 1.807) is 18.2 Å². The van der Waals surface area contributed by atoms with Crippen molar-refractivity contribution in [2.75, 3.05) is 10.6 Å². The Hall–Kier alpha value is -2.36. The van der Waals surface area contributed by atoms with E-state index in [1.165, 1.54) is 12.1 Å². The molecule has 21 heavy (non-hydrogen) atoms. The van der Waals surface area contributed by atoms with Gasteiger partial charge < -0.3 is 10.6 Å². The molecular weight excluding hydrogens is 267 g/mol. The number of halogens is 1. The maximum atomic E-state index is 13.3. The van der Waals surface area contributed by atoms with Gasteiger partial charge in [-0.1, -0.05) is 18.2 Å². The zero-order chi connectivity index (χ0) is 15.4. The predicted molar refractivity (Wildman–Crippen MR) is 84.3 cm³/mol. The summed E-state index contributed by atoms with van der Waals surface area (Å²) in [5.74, 6) is -0.628. The highest BCUT2D eigenvalue weighted by Crippen LogP contribution is 2.20. The fraction of sp³-hybridized carbons (Fsp3) is 0.235. The Labute approximate surface area is 124 Å². The summed E-state index contributed by atoms with van der Waals surface area (Å²) >= 11 is 0. The van der Waals surface area contributed by atoms with Crippen LogP contribution in [0.2, 0.25) is 0 Å². The molecule has 0 aliphatic carbocycles. The van der Waals surface area contributed by atoms with Crippen LogP contribution < -0.4 is 10.6 Å². The molecule has 4 heteroatoms. The van der Waals surface area contributed by atoms with E-state index in [2.05, 4.69) is 10.6 Å². The molecule has 1 amide bonds. The molecule has 0 spiro atoms. The zero-order valence-electron chi connectivity index (χ0n) is 12.4. The predicted octanol–water partition coefficient (Wildman–Crippen LogP) is 4.21. The van der Waals surface area contributed by atoms with Crippen LogP contribution >= 0.6 is 0 Å². The Morgan fingerprint density at radius 2 is 1.81 bits per heavy atom. The number of amides is 1. The molecule has 2 N–H and O–H groups in total. The van der Waals surface area contributed by atoms with Crippen molar-refractivity contribution in [2.45, 2.75) is 26.8 Å². The Bertz CT molecular complexity index is 653. The van der Waals surface area contributed by atoms with Crippen LogP contribution in [0.5, 0.6) is 0 Å². The van der Waals surface area contributed by atoms with E-state index in [0.717, 1.165) is 11.3 Å². The second-order valence-corrected chi connectivity index (χ2v) is 5.26. The van der Waals surface area contributed by atoms with Crippen LogP contribution in [-0.4, -0.2) is 11.9 Å². The number of hydrogen-bond acceptors (Lipinski definition) is 2. The Kier molecular flexibility index (Phi) is 4.58. The molecule has 0 fully saturated rings. The van der Waals surface area contributed by atoms with Crippen molar-refractivity contribution in [3.63, 3.8) is 0 Å². The lowest BCUT2D eigenvalue weighted by Crippen LogP contribution is -2.18. The van der Waals surface area contributed by atoms with Gasteiger partial charge in [-0.05, 0) is 50.6 Å². The number of anilines is 2. The van der Waals surface area contributed by atoms with E-state index >= 15 is 0 Å². The molecule has 0 heterocycles. The van der Waals surface area contributed by atoms with Crippen molar-refractivity contribution in [1.82, 2.24) is 0 Å². The second kappa shape index (κ2) is 6.39. The van der Waals surface area contributed by atoms with Crippen LogP contribution in [0.3, 0.4) is 0 Å². The third-order valence-electron chi connectivity index (χ3n) is 3.06. The van der Waals surface area contributed by atoms with Gasteiger partial charge in [0.1, 0.15) is 5.82 Å². The van der Waals surface area contributed by atoms with Crippen LogP contribution in [0.15, 0.2) is 42.5 Å².